The third kappa shape index (κ3) is 4.48. The Hall–Kier alpha value is -4.01. The third-order valence-corrected chi connectivity index (χ3v) is 5.84. The average Bonchev–Trinajstić information content (AvgIpc) is 3.28. The van der Waals surface area contributed by atoms with Gasteiger partial charge < -0.3 is 19.9 Å². The van der Waals surface area contributed by atoms with Crippen LogP contribution in [0.4, 0.5) is 16.0 Å². The van der Waals surface area contributed by atoms with Crippen LogP contribution in [0.5, 0.6) is 5.88 Å². The molecule has 1 saturated heterocycles. The number of ether oxygens (including phenoxy) is 1. The molecule has 0 bridgehead atoms. The van der Waals surface area contributed by atoms with Crippen molar-refractivity contribution in [1.82, 2.24) is 19.9 Å². The second kappa shape index (κ2) is 8.85. The predicted octanol–water partition coefficient (Wildman–Crippen LogP) is 4.02. The smallest absolute Gasteiger partial charge is 0.228 e. The molecule has 1 aliphatic rings. The number of imidazole rings is 1. The van der Waals surface area contributed by atoms with Crippen molar-refractivity contribution in [2.75, 3.05) is 30.4 Å². The van der Waals surface area contributed by atoms with E-state index in [-0.39, 0.29) is 17.6 Å². The van der Waals surface area contributed by atoms with Gasteiger partial charge in [0.25, 0.3) is 0 Å². The third-order valence-electron chi connectivity index (χ3n) is 5.84. The van der Waals surface area contributed by atoms with E-state index in [1.807, 2.05) is 18.2 Å². The van der Waals surface area contributed by atoms with Crippen LogP contribution in [0, 0.1) is 11.7 Å². The van der Waals surface area contributed by atoms with Crippen LogP contribution in [0.25, 0.3) is 22.4 Å². The summed E-state index contributed by atoms with van der Waals surface area (Å²) in [4.78, 5) is 31.4. The fourth-order valence-electron chi connectivity index (χ4n) is 4.02. The lowest BCUT2D eigenvalue weighted by atomic mass is 9.96. The molecule has 0 unspecified atom stereocenters. The van der Waals surface area contributed by atoms with E-state index in [1.54, 1.807) is 31.5 Å². The van der Waals surface area contributed by atoms with Gasteiger partial charge in [-0.3, -0.25) is 4.79 Å². The molecule has 2 aromatic heterocycles. The van der Waals surface area contributed by atoms with E-state index < -0.39 is 0 Å². The zero-order valence-corrected chi connectivity index (χ0v) is 18.1. The molecule has 5 rings (SSSR count). The number of benzene rings is 2. The van der Waals surface area contributed by atoms with Gasteiger partial charge in [0.2, 0.25) is 17.7 Å². The number of carbonyl (C=O) groups is 1. The zero-order chi connectivity index (χ0) is 22.8. The number of nitrogens with zero attached hydrogens (tertiary/aromatic N) is 4. The minimum absolute atomic E-state index is 0.00108. The average molecular weight is 446 g/mol. The first kappa shape index (κ1) is 20.9. The summed E-state index contributed by atoms with van der Waals surface area (Å²) in [6, 6.07) is 13.4. The summed E-state index contributed by atoms with van der Waals surface area (Å²) in [5.74, 6) is 1.42. The van der Waals surface area contributed by atoms with E-state index in [4.69, 9.17) is 4.74 Å². The molecule has 0 saturated carbocycles. The van der Waals surface area contributed by atoms with E-state index in [1.165, 1.54) is 12.1 Å². The van der Waals surface area contributed by atoms with Crippen molar-refractivity contribution < 1.29 is 13.9 Å². The Morgan fingerprint density at radius 3 is 2.67 bits per heavy atom. The number of piperidine rings is 1. The Kier molecular flexibility index (Phi) is 5.60. The fourth-order valence-corrected chi connectivity index (χ4v) is 4.02. The SMILES string of the molecule is COc1ccnc(N2CCC(C(=O)Nc3ccc4nc(-c5ccc(F)cc5)[nH]c4c3)CC2)n1. The molecule has 0 aliphatic carbocycles. The molecule has 33 heavy (non-hydrogen) atoms. The van der Waals surface area contributed by atoms with Crippen LogP contribution in [-0.2, 0) is 4.79 Å². The van der Waals surface area contributed by atoms with E-state index >= 15 is 0 Å². The van der Waals surface area contributed by atoms with Crippen LogP contribution >= 0.6 is 0 Å². The minimum atomic E-state index is -0.290. The van der Waals surface area contributed by atoms with E-state index in [9.17, 15) is 9.18 Å². The number of amides is 1. The Morgan fingerprint density at radius 1 is 1.12 bits per heavy atom. The maximum atomic E-state index is 13.2. The number of hydrogen-bond donors (Lipinski definition) is 2. The van der Waals surface area contributed by atoms with Crippen LogP contribution in [0.1, 0.15) is 12.8 Å². The molecule has 3 heterocycles. The zero-order valence-electron chi connectivity index (χ0n) is 18.1. The molecule has 8 nitrogen and oxygen atoms in total. The molecule has 1 fully saturated rings. The van der Waals surface area contributed by atoms with Crippen molar-refractivity contribution in [3.05, 3.63) is 60.5 Å². The number of nitrogens with one attached hydrogen (secondary N) is 2. The second-order valence-electron chi connectivity index (χ2n) is 7.97. The maximum absolute atomic E-state index is 13.2. The molecular formula is C24H23FN6O2. The van der Waals surface area contributed by atoms with Gasteiger partial charge in [0.1, 0.15) is 11.6 Å². The number of halogens is 1. The highest BCUT2D eigenvalue weighted by Crippen LogP contribution is 2.26. The van der Waals surface area contributed by atoms with Crippen LogP contribution in [0.2, 0.25) is 0 Å². The lowest BCUT2D eigenvalue weighted by Gasteiger charge is -2.31. The number of anilines is 2. The van der Waals surface area contributed by atoms with Gasteiger partial charge >= 0.3 is 0 Å². The minimum Gasteiger partial charge on any atom is -0.481 e. The summed E-state index contributed by atoms with van der Waals surface area (Å²) < 4.78 is 18.4. The van der Waals surface area contributed by atoms with Crippen molar-refractivity contribution in [3.8, 4) is 17.3 Å². The van der Waals surface area contributed by atoms with Crippen molar-refractivity contribution >= 4 is 28.6 Å². The van der Waals surface area contributed by atoms with Crippen LogP contribution in [-0.4, -0.2) is 46.0 Å². The van der Waals surface area contributed by atoms with E-state index in [0.29, 0.717) is 49.3 Å². The Labute approximate surface area is 189 Å². The highest BCUT2D eigenvalue weighted by molar-refractivity contribution is 5.95. The summed E-state index contributed by atoms with van der Waals surface area (Å²) in [7, 11) is 1.58. The summed E-state index contributed by atoms with van der Waals surface area (Å²) >= 11 is 0. The molecule has 1 amide bonds. The number of fused-ring (bicyclic) bond motifs is 1. The number of H-pyrrole nitrogens is 1. The first-order valence-electron chi connectivity index (χ1n) is 10.8. The maximum Gasteiger partial charge on any atom is 0.228 e. The Bertz CT molecular complexity index is 1280. The highest BCUT2D eigenvalue weighted by atomic mass is 19.1. The number of aromatic nitrogens is 4. The first-order chi connectivity index (χ1) is 16.1. The molecule has 1 aliphatic heterocycles. The van der Waals surface area contributed by atoms with Gasteiger partial charge in [0, 0.05) is 42.5 Å². The molecule has 2 aromatic carbocycles. The van der Waals surface area contributed by atoms with Crippen molar-refractivity contribution in [2.24, 2.45) is 5.92 Å². The highest BCUT2D eigenvalue weighted by Gasteiger charge is 2.26. The lowest BCUT2D eigenvalue weighted by Crippen LogP contribution is -2.39. The van der Waals surface area contributed by atoms with E-state index in [2.05, 4.69) is 30.2 Å². The summed E-state index contributed by atoms with van der Waals surface area (Å²) in [5, 5.41) is 3.03. The van der Waals surface area contributed by atoms with Crippen LogP contribution in [0.3, 0.4) is 0 Å². The number of aromatic amines is 1. The Balaban J connectivity index is 1.23. The van der Waals surface area contributed by atoms with Gasteiger partial charge in [0.15, 0.2) is 0 Å². The second-order valence-corrected chi connectivity index (χ2v) is 7.97. The molecule has 0 spiro atoms. The molecule has 0 radical (unpaired) electrons. The largest absolute Gasteiger partial charge is 0.481 e. The summed E-state index contributed by atoms with van der Waals surface area (Å²) in [5.41, 5.74) is 3.08. The fraction of sp³-hybridized carbons (Fsp3) is 0.250. The van der Waals surface area contributed by atoms with Gasteiger partial charge in [-0.05, 0) is 55.3 Å². The normalized spacial score (nSPS) is 14.4. The van der Waals surface area contributed by atoms with Gasteiger partial charge in [-0.1, -0.05) is 0 Å². The van der Waals surface area contributed by atoms with Crippen LogP contribution < -0.4 is 15.0 Å². The molecule has 4 aromatic rings. The summed E-state index contributed by atoms with van der Waals surface area (Å²) in [6.45, 7) is 1.40. The molecule has 2 N–H and O–H groups in total. The van der Waals surface area contributed by atoms with Crippen molar-refractivity contribution in [2.45, 2.75) is 12.8 Å². The number of methoxy groups -OCH3 is 1. The molecule has 0 atom stereocenters. The molecular weight excluding hydrogens is 423 g/mol. The number of hydrogen-bond acceptors (Lipinski definition) is 6. The van der Waals surface area contributed by atoms with Crippen molar-refractivity contribution in [1.29, 1.82) is 0 Å². The van der Waals surface area contributed by atoms with Gasteiger partial charge in [0.05, 0.1) is 18.1 Å². The van der Waals surface area contributed by atoms with E-state index in [0.717, 1.165) is 16.6 Å². The topological polar surface area (TPSA) is 96.0 Å². The molecule has 168 valence electrons. The van der Waals surface area contributed by atoms with Gasteiger partial charge in [-0.25, -0.2) is 14.4 Å². The quantitative estimate of drug-likeness (QED) is 0.481. The standard InChI is InChI=1S/C24H23FN6O2/c1-33-21-8-11-26-24(30-21)31-12-9-16(10-13-31)23(32)27-18-6-7-19-20(14-18)29-22(28-19)15-2-4-17(25)5-3-15/h2-8,11,14,16H,9-10,12-13H2,1H3,(H,27,32)(H,28,29). The van der Waals surface area contributed by atoms with Crippen molar-refractivity contribution in [3.63, 3.8) is 0 Å². The Morgan fingerprint density at radius 2 is 1.91 bits per heavy atom. The van der Waals surface area contributed by atoms with Gasteiger partial charge in [-0.2, -0.15) is 4.98 Å². The first-order valence-corrected chi connectivity index (χ1v) is 10.8. The monoisotopic (exact) mass is 446 g/mol. The van der Waals surface area contributed by atoms with Crippen LogP contribution in [0.15, 0.2) is 54.7 Å². The van der Waals surface area contributed by atoms with Gasteiger partial charge in [-0.15, -0.1) is 0 Å². The predicted molar refractivity (Wildman–Crippen MR) is 124 cm³/mol. The summed E-state index contributed by atoms with van der Waals surface area (Å²) in [6.07, 6.45) is 3.11. The lowest BCUT2D eigenvalue weighted by molar-refractivity contribution is -0.120. The number of rotatable bonds is 5. The number of carbonyl (C=O) groups excluding carboxylic acids is 1. The molecule has 9 heteroatoms.